The number of rotatable bonds is 7. The van der Waals surface area contributed by atoms with Crippen molar-refractivity contribution in [3.63, 3.8) is 0 Å². The van der Waals surface area contributed by atoms with Crippen LogP contribution in [0.5, 0.6) is 23.0 Å². The van der Waals surface area contributed by atoms with Crippen LogP contribution < -0.4 is 29.8 Å². The molecule has 0 aromatic heterocycles. The van der Waals surface area contributed by atoms with Crippen molar-refractivity contribution < 1.29 is 28.5 Å². The van der Waals surface area contributed by atoms with E-state index in [4.69, 9.17) is 18.9 Å². The predicted octanol–water partition coefficient (Wildman–Crippen LogP) is 2.39. The first-order valence-corrected chi connectivity index (χ1v) is 11.0. The van der Waals surface area contributed by atoms with Crippen molar-refractivity contribution in [1.82, 2.24) is 10.9 Å². The van der Waals surface area contributed by atoms with E-state index in [0.29, 0.717) is 60.8 Å². The topological polar surface area (TPSA) is 120 Å². The van der Waals surface area contributed by atoms with Crippen molar-refractivity contribution in [3.8, 4) is 23.0 Å². The van der Waals surface area contributed by atoms with Gasteiger partial charge in [0.15, 0.2) is 23.0 Å². The minimum absolute atomic E-state index is 0.0255. The number of ether oxygens (including phenoxy) is 4. The maximum absolute atomic E-state index is 12.1. The van der Waals surface area contributed by atoms with Crippen molar-refractivity contribution in [2.45, 2.75) is 26.7 Å². The van der Waals surface area contributed by atoms with Gasteiger partial charge in [-0.3, -0.25) is 9.59 Å². The molecular weight excluding hydrogens is 440 g/mol. The molecule has 2 aliphatic heterocycles. The molecule has 0 radical (unpaired) electrons. The molecule has 2 aliphatic rings. The van der Waals surface area contributed by atoms with Gasteiger partial charge in [-0.05, 0) is 50.2 Å². The highest BCUT2D eigenvalue weighted by Gasteiger charge is 2.14. The zero-order chi connectivity index (χ0) is 23.9. The average molecular weight is 466 g/mol. The third-order valence-electron chi connectivity index (χ3n) is 5.20. The van der Waals surface area contributed by atoms with Gasteiger partial charge < -0.3 is 18.9 Å². The van der Waals surface area contributed by atoms with E-state index in [1.807, 2.05) is 36.4 Å². The molecule has 0 aliphatic carbocycles. The smallest absolute Gasteiger partial charge is 0.240 e. The summed E-state index contributed by atoms with van der Waals surface area (Å²) in [5.74, 6) is 1.91. The largest absolute Gasteiger partial charge is 0.486 e. The number of benzene rings is 2. The van der Waals surface area contributed by atoms with Crippen LogP contribution in [0.1, 0.15) is 37.8 Å². The van der Waals surface area contributed by atoms with Crippen molar-refractivity contribution in [2.75, 3.05) is 26.4 Å². The normalized spacial score (nSPS) is 14.9. The van der Waals surface area contributed by atoms with E-state index in [9.17, 15) is 9.59 Å². The Morgan fingerprint density at radius 3 is 1.47 bits per heavy atom. The maximum atomic E-state index is 12.1. The summed E-state index contributed by atoms with van der Waals surface area (Å²) >= 11 is 0. The molecule has 0 bridgehead atoms. The molecule has 34 heavy (non-hydrogen) atoms. The molecular formula is C24H26N4O6. The van der Waals surface area contributed by atoms with Gasteiger partial charge in [0.25, 0.3) is 0 Å². The van der Waals surface area contributed by atoms with Crippen molar-refractivity contribution in [2.24, 2.45) is 10.2 Å². The summed E-state index contributed by atoms with van der Waals surface area (Å²) in [4.78, 5) is 24.2. The van der Waals surface area contributed by atoms with Crippen LogP contribution in [0, 0.1) is 0 Å². The highest BCUT2D eigenvalue weighted by molar-refractivity contribution is 6.00. The summed E-state index contributed by atoms with van der Waals surface area (Å²) in [7, 11) is 0. The van der Waals surface area contributed by atoms with Crippen LogP contribution in [0.15, 0.2) is 46.6 Å². The van der Waals surface area contributed by atoms with Gasteiger partial charge in [-0.1, -0.05) is 0 Å². The van der Waals surface area contributed by atoms with Gasteiger partial charge in [0, 0.05) is 24.0 Å². The maximum Gasteiger partial charge on any atom is 0.240 e. The lowest BCUT2D eigenvalue weighted by molar-refractivity contribution is -0.126. The molecule has 2 heterocycles. The Kier molecular flexibility index (Phi) is 7.26. The van der Waals surface area contributed by atoms with Gasteiger partial charge in [-0.15, -0.1) is 0 Å². The Balaban J connectivity index is 1.24. The van der Waals surface area contributed by atoms with Crippen LogP contribution in [0.2, 0.25) is 0 Å². The van der Waals surface area contributed by atoms with Gasteiger partial charge >= 0.3 is 0 Å². The molecule has 2 amide bonds. The molecule has 0 fully saturated rings. The van der Waals surface area contributed by atoms with E-state index in [0.717, 1.165) is 11.1 Å². The average Bonchev–Trinajstić information content (AvgIpc) is 2.88. The quantitative estimate of drug-likeness (QED) is 0.478. The number of carbonyl (C=O) groups excluding carboxylic acids is 2. The lowest BCUT2D eigenvalue weighted by Gasteiger charge is -2.18. The lowest BCUT2D eigenvalue weighted by atomic mass is 10.1. The second kappa shape index (κ2) is 10.7. The van der Waals surface area contributed by atoms with Crippen molar-refractivity contribution >= 4 is 23.2 Å². The van der Waals surface area contributed by atoms with E-state index in [1.54, 1.807) is 13.8 Å². The standard InChI is InChI=1S/C24H26N4O6/c1-15(17-3-5-19-21(13-17)33-11-9-31-19)25-27-23(29)7-8-24(30)28-26-16(2)18-4-6-20-22(14-18)34-12-10-32-20/h3-6,13-14H,7-12H2,1-2H3,(H,27,29)(H,28,30)/b25-15+,26-16+. The molecule has 4 rings (SSSR count). The van der Waals surface area contributed by atoms with Gasteiger partial charge in [0.05, 0.1) is 11.4 Å². The molecule has 0 saturated carbocycles. The molecule has 2 aromatic carbocycles. The second-order valence-electron chi connectivity index (χ2n) is 7.68. The Hall–Kier alpha value is -4.08. The van der Waals surface area contributed by atoms with E-state index in [-0.39, 0.29) is 24.7 Å². The third-order valence-corrected chi connectivity index (χ3v) is 5.20. The first-order chi connectivity index (χ1) is 16.5. The fourth-order valence-corrected chi connectivity index (χ4v) is 3.30. The highest BCUT2D eigenvalue weighted by atomic mass is 16.6. The van der Waals surface area contributed by atoms with Crippen molar-refractivity contribution in [1.29, 1.82) is 0 Å². The number of fused-ring (bicyclic) bond motifs is 2. The van der Waals surface area contributed by atoms with Crippen LogP contribution in [0.25, 0.3) is 0 Å². The number of carbonyl (C=O) groups is 2. The third kappa shape index (κ3) is 5.83. The molecule has 10 heteroatoms. The number of hydrogen-bond acceptors (Lipinski definition) is 8. The van der Waals surface area contributed by atoms with E-state index in [1.165, 1.54) is 0 Å². The minimum atomic E-state index is -0.375. The predicted molar refractivity (Wildman–Crippen MR) is 125 cm³/mol. The lowest BCUT2D eigenvalue weighted by Crippen LogP contribution is -2.24. The molecule has 0 unspecified atom stereocenters. The van der Waals surface area contributed by atoms with Gasteiger partial charge in [0.1, 0.15) is 26.4 Å². The molecule has 0 atom stereocenters. The van der Waals surface area contributed by atoms with Crippen molar-refractivity contribution in [3.05, 3.63) is 47.5 Å². The number of hydrazone groups is 2. The zero-order valence-electron chi connectivity index (χ0n) is 19.1. The fraction of sp³-hybridized carbons (Fsp3) is 0.333. The summed E-state index contributed by atoms with van der Waals surface area (Å²) in [6.07, 6.45) is -0.0509. The first-order valence-electron chi connectivity index (χ1n) is 11.0. The number of nitrogens with zero attached hydrogens (tertiary/aromatic N) is 2. The highest BCUT2D eigenvalue weighted by Crippen LogP contribution is 2.31. The van der Waals surface area contributed by atoms with Crippen LogP contribution in [-0.2, 0) is 9.59 Å². The van der Waals surface area contributed by atoms with E-state index in [2.05, 4.69) is 21.1 Å². The fourth-order valence-electron chi connectivity index (χ4n) is 3.30. The van der Waals surface area contributed by atoms with Crippen LogP contribution >= 0.6 is 0 Å². The van der Waals surface area contributed by atoms with E-state index < -0.39 is 0 Å². The molecule has 178 valence electrons. The molecule has 2 aromatic rings. The molecule has 0 saturated heterocycles. The van der Waals surface area contributed by atoms with Crippen LogP contribution in [-0.4, -0.2) is 49.7 Å². The Morgan fingerprint density at radius 1 is 0.676 bits per heavy atom. The molecule has 10 nitrogen and oxygen atoms in total. The SMILES string of the molecule is C/C(=N\NC(=O)CCC(=O)N/N=C(\C)c1ccc2c(c1)OCCO2)c1ccc2c(c1)OCCO2. The summed E-state index contributed by atoms with van der Waals surface area (Å²) in [6, 6.07) is 10.9. The van der Waals surface area contributed by atoms with Gasteiger partial charge in [-0.2, -0.15) is 10.2 Å². The molecule has 2 N–H and O–H groups in total. The number of amides is 2. The summed E-state index contributed by atoms with van der Waals surface area (Å²) in [5, 5.41) is 8.22. The van der Waals surface area contributed by atoms with Crippen LogP contribution in [0.3, 0.4) is 0 Å². The second-order valence-corrected chi connectivity index (χ2v) is 7.68. The van der Waals surface area contributed by atoms with E-state index >= 15 is 0 Å². The van der Waals surface area contributed by atoms with Gasteiger partial charge in [0.2, 0.25) is 11.8 Å². The number of hydrogen-bond donors (Lipinski definition) is 2. The summed E-state index contributed by atoms with van der Waals surface area (Å²) < 4.78 is 22.1. The Morgan fingerprint density at radius 2 is 1.06 bits per heavy atom. The monoisotopic (exact) mass is 466 g/mol. The number of nitrogens with one attached hydrogen (secondary N) is 2. The van der Waals surface area contributed by atoms with Crippen LogP contribution in [0.4, 0.5) is 0 Å². The first kappa shape index (κ1) is 23.1. The molecule has 0 spiro atoms. The van der Waals surface area contributed by atoms with Gasteiger partial charge in [-0.25, -0.2) is 10.9 Å². The Bertz CT molecular complexity index is 1050. The summed E-state index contributed by atoms with van der Waals surface area (Å²) in [5.41, 5.74) is 7.75. The minimum Gasteiger partial charge on any atom is -0.486 e. The zero-order valence-corrected chi connectivity index (χ0v) is 19.1. The Labute approximate surface area is 196 Å². The summed E-state index contributed by atoms with van der Waals surface area (Å²) in [6.45, 7) is 5.57.